The van der Waals surface area contributed by atoms with Crippen molar-refractivity contribution in [1.82, 2.24) is 0 Å². The lowest BCUT2D eigenvalue weighted by Gasteiger charge is -2.16. The number of rotatable bonds is 4. The van der Waals surface area contributed by atoms with Crippen molar-refractivity contribution in [1.29, 1.82) is 0 Å². The van der Waals surface area contributed by atoms with E-state index >= 15 is 0 Å². The van der Waals surface area contributed by atoms with Gasteiger partial charge in [0.15, 0.2) is 0 Å². The second kappa shape index (κ2) is 7.07. The molecule has 0 amide bonds. The van der Waals surface area contributed by atoms with Gasteiger partial charge in [-0.25, -0.2) is 0 Å². The van der Waals surface area contributed by atoms with Gasteiger partial charge in [0.05, 0.1) is 0 Å². The van der Waals surface area contributed by atoms with Crippen LogP contribution in [0.25, 0.3) is 45.5 Å². The third-order valence-electron chi connectivity index (χ3n) is 5.88. The van der Waals surface area contributed by atoms with Crippen molar-refractivity contribution >= 4 is 12.2 Å². The van der Waals surface area contributed by atoms with E-state index in [0.29, 0.717) is 0 Å². The zero-order valence-corrected chi connectivity index (χ0v) is 16.4. The van der Waals surface area contributed by atoms with Gasteiger partial charge >= 0.3 is 0 Å². The van der Waals surface area contributed by atoms with E-state index in [1.807, 2.05) is 12.2 Å². The zero-order valence-electron chi connectivity index (χ0n) is 16.4. The molecule has 138 valence electrons. The minimum Gasteiger partial charge on any atom is -0.0985 e. The van der Waals surface area contributed by atoms with Crippen molar-refractivity contribution in [3.05, 3.63) is 120 Å². The number of hydrogen-bond acceptors (Lipinski definition) is 0. The first-order valence-corrected chi connectivity index (χ1v) is 9.98. The van der Waals surface area contributed by atoms with E-state index < -0.39 is 0 Å². The number of benzene rings is 4. The third-order valence-corrected chi connectivity index (χ3v) is 5.88. The van der Waals surface area contributed by atoms with E-state index in [1.165, 1.54) is 44.5 Å². The van der Waals surface area contributed by atoms with Crippen LogP contribution in [-0.4, -0.2) is 0 Å². The fraction of sp³-hybridized carbons (Fsp3) is 0.0345. The predicted octanol–water partition coefficient (Wildman–Crippen LogP) is 7.88. The Morgan fingerprint density at radius 2 is 1.14 bits per heavy atom. The molecule has 4 aromatic rings. The molecule has 0 spiro atoms. The molecule has 0 fully saturated rings. The summed E-state index contributed by atoms with van der Waals surface area (Å²) in [5, 5.41) is 0. The van der Waals surface area contributed by atoms with Crippen LogP contribution in [0.2, 0.25) is 0 Å². The molecule has 1 aliphatic carbocycles. The summed E-state index contributed by atoms with van der Waals surface area (Å²) in [4.78, 5) is 0. The summed E-state index contributed by atoms with van der Waals surface area (Å²) in [7, 11) is 0. The summed E-state index contributed by atoms with van der Waals surface area (Å²) in [6.45, 7) is 7.77. The molecule has 0 atom stereocenters. The molecule has 0 bridgehead atoms. The second-order valence-corrected chi connectivity index (χ2v) is 7.50. The Labute approximate surface area is 172 Å². The minimum absolute atomic E-state index is 0.975. The van der Waals surface area contributed by atoms with E-state index in [1.54, 1.807) is 0 Å². The summed E-state index contributed by atoms with van der Waals surface area (Å²) in [5.74, 6) is 0. The van der Waals surface area contributed by atoms with Gasteiger partial charge in [0.2, 0.25) is 0 Å². The van der Waals surface area contributed by atoms with Crippen molar-refractivity contribution in [2.24, 2.45) is 0 Å². The van der Waals surface area contributed by atoms with Crippen LogP contribution in [-0.2, 0) is 6.42 Å². The van der Waals surface area contributed by atoms with Crippen LogP contribution >= 0.6 is 0 Å². The van der Waals surface area contributed by atoms with Gasteiger partial charge in [0.25, 0.3) is 0 Å². The Morgan fingerprint density at radius 3 is 1.79 bits per heavy atom. The average molecular weight is 370 g/mol. The summed E-state index contributed by atoms with van der Waals surface area (Å²) in [6.07, 6.45) is 4.75. The van der Waals surface area contributed by atoms with Crippen molar-refractivity contribution in [3.63, 3.8) is 0 Å². The first kappa shape index (κ1) is 17.5. The maximum Gasteiger partial charge on any atom is -0.000706 e. The lowest BCUT2D eigenvalue weighted by Crippen LogP contribution is -1.93. The highest BCUT2D eigenvalue weighted by Gasteiger charge is 2.24. The molecular weight excluding hydrogens is 348 g/mol. The molecule has 0 saturated carbocycles. The third kappa shape index (κ3) is 2.94. The van der Waals surface area contributed by atoms with Crippen molar-refractivity contribution in [2.45, 2.75) is 6.42 Å². The Morgan fingerprint density at radius 1 is 0.552 bits per heavy atom. The van der Waals surface area contributed by atoms with Gasteiger partial charge in [-0.15, -0.1) is 0 Å². The molecule has 0 heteroatoms. The van der Waals surface area contributed by atoms with Gasteiger partial charge in [-0.3, -0.25) is 0 Å². The first-order valence-electron chi connectivity index (χ1n) is 9.98. The lowest BCUT2D eigenvalue weighted by atomic mass is 9.87. The van der Waals surface area contributed by atoms with E-state index in [9.17, 15) is 0 Å². The Balaban J connectivity index is 1.75. The summed E-state index contributed by atoms with van der Waals surface area (Å²) >= 11 is 0. The van der Waals surface area contributed by atoms with Gasteiger partial charge < -0.3 is 0 Å². The highest BCUT2D eigenvalue weighted by Crippen LogP contribution is 2.45. The topological polar surface area (TPSA) is 0 Å². The van der Waals surface area contributed by atoms with E-state index in [2.05, 4.69) is 98.1 Å². The molecule has 4 aromatic carbocycles. The van der Waals surface area contributed by atoms with Gasteiger partial charge in [-0.05, 0) is 62.1 Å². The molecule has 0 heterocycles. The first-order chi connectivity index (χ1) is 14.3. The Kier molecular flexibility index (Phi) is 4.26. The SMILES string of the molecule is C=Cc1ccc(-c2ccc3c(c2-c2ccc(C=C)cc2)Cc2ccccc2-3)cc1. The smallest absolute Gasteiger partial charge is 0.000706 e. The van der Waals surface area contributed by atoms with E-state index in [0.717, 1.165) is 17.5 Å². The average Bonchev–Trinajstić information content (AvgIpc) is 3.17. The summed E-state index contributed by atoms with van der Waals surface area (Å²) in [6, 6.07) is 30.7. The van der Waals surface area contributed by atoms with Crippen molar-refractivity contribution in [3.8, 4) is 33.4 Å². The van der Waals surface area contributed by atoms with Crippen LogP contribution in [0.1, 0.15) is 22.3 Å². The van der Waals surface area contributed by atoms with Crippen LogP contribution in [0.15, 0.2) is 98.1 Å². The monoisotopic (exact) mass is 370 g/mol. The highest BCUT2D eigenvalue weighted by atomic mass is 14.3. The quantitative estimate of drug-likeness (QED) is 0.302. The van der Waals surface area contributed by atoms with Crippen LogP contribution in [0.3, 0.4) is 0 Å². The standard InChI is InChI=1S/C29H22/c1-3-20-9-13-22(14-10-20)26-17-18-27-25-8-6-5-7-24(25)19-28(27)29(26)23-15-11-21(4-2)12-16-23/h3-18H,1-2,19H2. The maximum absolute atomic E-state index is 3.89. The van der Waals surface area contributed by atoms with Gasteiger partial charge in [-0.1, -0.05) is 110 Å². The Hall–Kier alpha value is -3.64. The van der Waals surface area contributed by atoms with Crippen molar-refractivity contribution < 1.29 is 0 Å². The predicted molar refractivity (Wildman–Crippen MR) is 126 cm³/mol. The minimum atomic E-state index is 0.975. The second-order valence-electron chi connectivity index (χ2n) is 7.50. The van der Waals surface area contributed by atoms with Crippen LogP contribution in [0, 0.1) is 0 Å². The van der Waals surface area contributed by atoms with Gasteiger partial charge in [-0.2, -0.15) is 0 Å². The normalized spacial score (nSPS) is 11.6. The molecule has 0 aliphatic heterocycles. The fourth-order valence-electron chi connectivity index (χ4n) is 4.37. The fourth-order valence-corrected chi connectivity index (χ4v) is 4.37. The summed E-state index contributed by atoms with van der Waals surface area (Å²) in [5.41, 5.74) is 12.9. The molecule has 0 aromatic heterocycles. The molecule has 0 radical (unpaired) electrons. The highest BCUT2D eigenvalue weighted by molar-refractivity contribution is 5.93. The molecule has 0 unspecified atom stereocenters. The lowest BCUT2D eigenvalue weighted by molar-refractivity contribution is 1.26. The molecule has 1 aliphatic rings. The van der Waals surface area contributed by atoms with Gasteiger partial charge in [0, 0.05) is 0 Å². The number of fused-ring (bicyclic) bond motifs is 3. The van der Waals surface area contributed by atoms with Gasteiger partial charge in [0.1, 0.15) is 0 Å². The van der Waals surface area contributed by atoms with Crippen molar-refractivity contribution in [2.75, 3.05) is 0 Å². The molecule has 0 nitrogen and oxygen atoms in total. The molecule has 0 saturated heterocycles. The van der Waals surface area contributed by atoms with E-state index in [4.69, 9.17) is 0 Å². The Bertz CT molecular complexity index is 1220. The zero-order chi connectivity index (χ0) is 19.8. The van der Waals surface area contributed by atoms with Crippen LogP contribution in [0.5, 0.6) is 0 Å². The molecule has 29 heavy (non-hydrogen) atoms. The molecular formula is C29H22. The molecule has 0 N–H and O–H groups in total. The summed E-state index contributed by atoms with van der Waals surface area (Å²) < 4.78 is 0. The van der Waals surface area contributed by atoms with Crippen LogP contribution in [0.4, 0.5) is 0 Å². The van der Waals surface area contributed by atoms with Crippen LogP contribution < -0.4 is 0 Å². The largest absolute Gasteiger partial charge is 0.0985 e. The molecule has 5 rings (SSSR count). The maximum atomic E-state index is 3.89. The van der Waals surface area contributed by atoms with E-state index in [-0.39, 0.29) is 0 Å². The number of hydrogen-bond donors (Lipinski definition) is 0.